The molecule has 1 atom stereocenters. The first-order valence-corrected chi connectivity index (χ1v) is 6.89. The van der Waals surface area contributed by atoms with Crippen molar-refractivity contribution in [2.45, 2.75) is 38.6 Å². The number of rotatable bonds is 4. The Balaban J connectivity index is 2.33. The zero-order valence-electron chi connectivity index (χ0n) is 10.5. The van der Waals surface area contributed by atoms with Gasteiger partial charge in [0, 0.05) is 23.3 Å². The van der Waals surface area contributed by atoms with Crippen LogP contribution in [0, 0.1) is 0 Å². The third-order valence-corrected chi connectivity index (χ3v) is 4.00. The summed E-state index contributed by atoms with van der Waals surface area (Å²) in [6.07, 6.45) is 4.65. The van der Waals surface area contributed by atoms with Crippen LogP contribution in [-0.2, 0) is 6.42 Å². The summed E-state index contributed by atoms with van der Waals surface area (Å²) in [6.45, 7) is 4.06. The minimum absolute atomic E-state index is 0.654. The number of benzene rings is 1. The summed E-state index contributed by atoms with van der Waals surface area (Å²) in [7, 11) is 0. The summed E-state index contributed by atoms with van der Waals surface area (Å²) in [6, 6.07) is 6.87. The zero-order chi connectivity index (χ0) is 12.3. The molecule has 2 rings (SSSR count). The van der Waals surface area contributed by atoms with Gasteiger partial charge in [0.1, 0.15) is 0 Å². The smallest absolute Gasteiger partial charge is 0.0459 e. The van der Waals surface area contributed by atoms with Crippen LogP contribution in [0.5, 0.6) is 0 Å². The van der Waals surface area contributed by atoms with Crippen LogP contribution in [-0.4, -0.2) is 19.1 Å². The maximum Gasteiger partial charge on any atom is 0.0459 e. The summed E-state index contributed by atoms with van der Waals surface area (Å²) in [5, 5.41) is 0.856. The third-order valence-electron chi connectivity index (χ3n) is 3.65. The fraction of sp³-hybridized carbons (Fsp3) is 0.571. The van der Waals surface area contributed by atoms with Crippen LogP contribution >= 0.6 is 11.6 Å². The molecule has 0 aliphatic carbocycles. The van der Waals surface area contributed by atoms with E-state index in [1.54, 1.807) is 0 Å². The summed E-state index contributed by atoms with van der Waals surface area (Å²) < 4.78 is 0. The van der Waals surface area contributed by atoms with E-state index in [9.17, 15) is 0 Å². The van der Waals surface area contributed by atoms with Gasteiger partial charge < -0.3 is 10.6 Å². The maximum absolute atomic E-state index is 6.30. The van der Waals surface area contributed by atoms with Crippen molar-refractivity contribution >= 4 is 17.3 Å². The van der Waals surface area contributed by atoms with Gasteiger partial charge in [0.25, 0.3) is 0 Å². The van der Waals surface area contributed by atoms with Crippen molar-refractivity contribution in [3.05, 3.63) is 28.8 Å². The largest absolute Gasteiger partial charge is 0.368 e. The molecule has 1 aromatic carbocycles. The van der Waals surface area contributed by atoms with Crippen molar-refractivity contribution in [2.75, 3.05) is 18.0 Å². The highest BCUT2D eigenvalue weighted by atomic mass is 35.5. The molecule has 1 fully saturated rings. The molecule has 0 spiro atoms. The molecule has 0 aromatic heterocycles. The maximum atomic E-state index is 6.30. The lowest BCUT2D eigenvalue weighted by Crippen LogP contribution is -2.29. The zero-order valence-corrected chi connectivity index (χ0v) is 11.2. The fourth-order valence-corrected chi connectivity index (χ4v) is 3.05. The van der Waals surface area contributed by atoms with Crippen molar-refractivity contribution in [2.24, 2.45) is 5.73 Å². The molecule has 1 aromatic rings. The molecule has 0 radical (unpaired) electrons. The van der Waals surface area contributed by atoms with Gasteiger partial charge in [-0.1, -0.05) is 24.6 Å². The average molecular weight is 253 g/mol. The standard InChI is InChI=1S/C14H21ClN2/c1-2-11-5-4-10-17(11)14-7-3-6-13(15)12(14)8-9-16/h3,6-7,11H,2,4-5,8-10,16H2,1H3. The Morgan fingerprint density at radius 1 is 1.47 bits per heavy atom. The molecule has 0 amide bonds. The Bertz CT molecular complexity index is 378. The Morgan fingerprint density at radius 3 is 3.00 bits per heavy atom. The monoisotopic (exact) mass is 252 g/mol. The lowest BCUT2D eigenvalue weighted by atomic mass is 10.1. The highest BCUT2D eigenvalue weighted by Gasteiger charge is 2.25. The van der Waals surface area contributed by atoms with E-state index >= 15 is 0 Å². The Hall–Kier alpha value is -0.730. The molecule has 94 valence electrons. The van der Waals surface area contributed by atoms with Crippen molar-refractivity contribution in [3.63, 3.8) is 0 Å². The molecule has 1 unspecified atom stereocenters. The van der Waals surface area contributed by atoms with E-state index < -0.39 is 0 Å². The minimum Gasteiger partial charge on any atom is -0.368 e. The van der Waals surface area contributed by atoms with Gasteiger partial charge in [-0.2, -0.15) is 0 Å². The average Bonchev–Trinajstić information content (AvgIpc) is 2.80. The van der Waals surface area contributed by atoms with E-state index in [1.165, 1.54) is 30.5 Å². The number of nitrogens with zero attached hydrogens (tertiary/aromatic N) is 1. The van der Waals surface area contributed by atoms with Gasteiger partial charge in [-0.3, -0.25) is 0 Å². The van der Waals surface area contributed by atoms with Crippen LogP contribution in [0.3, 0.4) is 0 Å². The quantitative estimate of drug-likeness (QED) is 0.892. The van der Waals surface area contributed by atoms with Crippen LogP contribution in [0.2, 0.25) is 5.02 Å². The molecule has 1 aliphatic rings. The van der Waals surface area contributed by atoms with Crippen LogP contribution in [0.25, 0.3) is 0 Å². The van der Waals surface area contributed by atoms with Gasteiger partial charge in [0.05, 0.1) is 0 Å². The highest BCUT2D eigenvalue weighted by molar-refractivity contribution is 6.31. The van der Waals surface area contributed by atoms with E-state index in [-0.39, 0.29) is 0 Å². The second-order valence-corrected chi connectivity index (χ2v) is 5.08. The number of hydrogen-bond acceptors (Lipinski definition) is 2. The summed E-state index contributed by atoms with van der Waals surface area (Å²) >= 11 is 6.30. The molecular weight excluding hydrogens is 232 g/mol. The first-order valence-electron chi connectivity index (χ1n) is 6.52. The van der Waals surface area contributed by atoms with Crippen molar-refractivity contribution in [3.8, 4) is 0 Å². The van der Waals surface area contributed by atoms with Gasteiger partial charge in [0.15, 0.2) is 0 Å². The SMILES string of the molecule is CCC1CCCN1c1cccc(Cl)c1CCN. The third kappa shape index (κ3) is 2.58. The van der Waals surface area contributed by atoms with Crippen molar-refractivity contribution < 1.29 is 0 Å². The molecule has 0 saturated carbocycles. The molecule has 2 N–H and O–H groups in total. The van der Waals surface area contributed by atoms with Crippen LogP contribution in [0.15, 0.2) is 18.2 Å². The first kappa shape index (κ1) is 12.7. The normalized spacial score (nSPS) is 19.9. The molecule has 3 heteroatoms. The molecular formula is C14H21ClN2. The van der Waals surface area contributed by atoms with E-state index in [0.717, 1.165) is 18.0 Å². The van der Waals surface area contributed by atoms with Crippen molar-refractivity contribution in [1.82, 2.24) is 0 Å². The predicted octanol–water partition coefficient (Wildman–Crippen LogP) is 3.22. The van der Waals surface area contributed by atoms with Crippen LogP contribution in [0.1, 0.15) is 31.7 Å². The summed E-state index contributed by atoms with van der Waals surface area (Å²) in [4.78, 5) is 2.51. The number of hydrogen-bond donors (Lipinski definition) is 1. The molecule has 2 nitrogen and oxygen atoms in total. The Morgan fingerprint density at radius 2 is 2.29 bits per heavy atom. The second kappa shape index (κ2) is 5.74. The number of halogens is 1. The van der Waals surface area contributed by atoms with Gasteiger partial charge in [0.2, 0.25) is 0 Å². The van der Waals surface area contributed by atoms with Crippen LogP contribution in [0.4, 0.5) is 5.69 Å². The molecule has 1 heterocycles. The van der Waals surface area contributed by atoms with Gasteiger partial charge in [-0.25, -0.2) is 0 Å². The topological polar surface area (TPSA) is 29.3 Å². The molecule has 17 heavy (non-hydrogen) atoms. The second-order valence-electron chi connectivity index (χ2n) is 4.67. The lowest BCUT2D eigenvalue weighted by Gasteiger charge is -2.28. The van der Waals surface area contributed by atoms with Gasteiger partial charge in [-0.05, 0) is 49.9 Å². The van der Waals surface area contributed by atoms with Crippen LogP contribution < -0.4 is 10.6 Å². The fourth-order valence-electron chi connectivity index (χ4n) is 2.79. The summed E-state index contributed by atoms with van der Waals surface area (Å²) in [5.74, 6) is 0. The Kier molecular flexibility index (Phi) is 4.30. The summed E-state index contributed by atoms with van der Waals surface area (Å²) in [5.41, 5.74) is 8.20. The van der Waals surface area contributed by atoms with Gasteiger partial charge in [-0.15, -0.1) is 0 Å². The molecule has 1 aliphatic heterocycles. The predicted molar refractivity (Wildman–Crippen MR) is 74.9 cm³/mol. The van der Waals surface area contributed by atoms with E-state index in [0.29, 0.717) is 12.6 Å². The van der Waals surface area contributed by atoms with E-state index in [2.05, 4.69) is 17.9 Å². The Labute approximate surface area is 109 Å². The van der Waals surface area contributed by atoms with E-state index in [4.69, 9.17) is 17.3 Å². The van der Waals surface area contributed by atoms with Crippen molar-refractivity contribution in [1.29, 1.82) is 0 Å². The minimum atomic E-state index is 0.654. The van der Waals surface area contributed by atoms with E-state index in [1.807, 2.05) is 12.1 Å². The van der Waals surface area contributed by atoms with Gasteiger partial charge >= 0.3 is 0 Å². The number of anilines is 1. The molecule has 0 bridgehead atoms. The highest BCUT2D eigenvalue weighted by Crippen LogP contribution is 2.33. The first-order chi connectivity index (χ1) is 8.27. The molecule has 1 saturated heterocycles. The lowest BCUT2D eigenvalue weighted by molar-refractivity contribution is 0.643. The number of nitrogens with two attached hydrogens (primary N) is 1.